The molecule has 3 amide bonds. The van der Waals surface area contributed by atoms with Gasteiger partial charge in [-0.15, -0.1) is 0 Å². The van der Waals surface area contributed by atoms with Gasteiger partial charge in [0.2, 0.25) is 5.91 Å². The summed E-state index contributed by atoms with van der Waals surface area (Å²) >= 11 is 0. The third-order valence-electron chi connectivity index (χ3n) is 7.53. The van der Waals surface area contributed by atoms with Gasteiger partial charge >= 0.3 is 6.03 Å². The van der Waals surface area contributed by atoms with E-state index in [1.54, 1.807) is 0 Å². The summed E-state index contributed by atoms with van der Waals surface area (Å²) in [6, 6.07) is 6.09. The zero-order chi connectivity index (χ0) is 21.3. The standard InChI is InChI=1S/C23H33N5O3/c29-21(25-12-14-31-15-13-25)23-7-5-11-27(22(30)26-9-3-4-10-26)16-19(23)17-28(18-23)20-6-1-2-8-24-20/h1-2,6,8,19H,3-5,7,9-18H2/t19-,23-/m1/s1. The van der Waals surface area contributed by atoms with Crippen LogP contribution in [-0.4, -0.2) is 97.2 Å². The van der Waals surface area contributed by atoms with E-state index in [2.05, 4.69) is 9.88 Å². The van der Waals surface area contributed by atoms with E-state index in [0.717, 1.165) is 57.7 Å². The molecule has 0 aromatic carbocycles. The summed E-state index contributed by atoms with van der Waals surface area (Å²) in [7, 11) is 0. The lowest BCUT2D eigenvalue weighted by molar-refractivity contribution is -0.148. The van der Waals surface area contributed by atoms with Crippen molar-refractivity contribution in [3.8, 4) is 0 Å². The number of hydrogen-bond acceptors (Lipinski definition) is 5. The lowest BCUT2D eigenvalue weighted by Gasteiger charge is -2.39. The number of pyridine rings is 1. The Hall–Kier alpha value is -2.35. The molecule has 0 bridgehead atoms. The van der Waals surface area contributed by atoms with Crippen LogP contribution in [0.2, 0.25) is 0 Å². The van der Waals surface area contributed by atoms with E-state index in [4.69, 9.17) is 4.74 Å². The van der Waals surface area contributed by atoms with Crippen molar-refractivity contribution in [1.82, 2.24) is 19.7 Å². The van der Waals surface area contributed by atoms with Gasteiger partial charge in [0.1, 0.15) is 5.82 Å². The first kappa shape index (κ1) is 20.5. The summed E-state index contributed by atoms with van der Waals surface area (Å²) in [6.07, 6.45) is 5.68. The fourth-order valence-corrected chi connectivity index (χ4v) is 5.86. The van der Waals surface area contributed by atoms with E-state index in [1.807, 2.05) is 39.1 Å². The zero-order valence-electron chi connectivity index (χ0n) is 18.2. The van der Waals surface area contributed by atoms with Gasteiger partial charge in [-0.3, -0.25) is 4.79 Å². The van der Waals surface area contributed by atoms with E-state index < -0.39 is 5.41 Å². The molecule has 1 aromatic rings. The van der Waals surface area contributed by atoms with E-state index in [-0.39, 0.29) is 17.9 Å². The normalized spacial score (nSPS) is 29.1. The number of ether oxygens (including phenoxy) is 1. The van der Waals surface area contributed by atoms with Gasteiger partial charge in [-0.2, -0.15) is 0 Å². The smallest absolute Gasteiger partial charge is 0.320 e. The van der Waals surface area contributed by atoms with Crippen LogP contribution < -0.4 is 4.90 Å². The minimum Gasteiger partial charge on any atom is -0.378 e. The SMILES string of the molecule is O=C(N1CCCC1)N1CCC[C@@]2(C(=O)N3CCOCC3)CN(c3ccccn3)C[C@H]2C1. The summed E-state index contributed by atoms with van der Waals surface area (Å²) in [5.74, 6) is 1.27. The highest BCUT2D eigenvalue weighted by molar-refractivity contribution is 5.85. The van der Waals surface area contributed by atoms with Gasteiger partial charge in [0.15, 0.2) is 0 Å². The van der Waals surface area contributed by atoms with Crippen molar-refractivity contribution in [2.45, 2.75) is 25.7 Å². The van der Waals surface area contributed by atoms with E-state index >= 15 is 0 Å². The molecule has 8 nitrogen and oxygen atoms in total. The first-order valence-corrected chi connectivity index (χ1v) is 11.7. The molecule has 0 radical (unpaired) electrons. The Morgan fingerprint density at radius 1 is 0.935 bits per heavy atom. The van der Waals surface area contributed by atoms with Crippen LogP contribution in [0.3, 0.4) is 0 Å². The monoisotopic (exact) mass is 427 g/mol. The Morgan fingerprint density at radius 2 is 1.71 bits per heavy atom. The summed E-state index contributed by atoms with van der Waals surface area (Å²) in [5, 5.41) is 0. The first-order valence-electron chi connectivity index (χ1n) is 11.7. The molecule has 4 saturated heterocycles. The average molecular weight is 428 g/mol. The minimum absolute atomic E-state index is 0.110. The Kier molecular flexibility index (Phi) is 5.73. The number of anilines is 1. The Balaban J connectivity index is 1.42. The number of fused-ring (bicyclic) bond motifs is 1. The van der Waals surface area contributed by atoms with Crippen molar-refractivity contribution in [3.05, 3.63) is 24.4 Å². The Bertz CT molecular complexity index is 794. The zero-order valence-corrected chi connectivity index (χ0v) is 18.2. The molecule has 0 N–H and O–H groups in total. The van der Waals surface area contributed by atoms with Crippen molar-refractivity contribution in [2.24, 2.45) is 11.3 Å². The highest BCUT2D eigenvalue weighted by atomic mass is 16.5. The van der Waals surface area contributed by atoms with Gasteiger partial charge in [-0.05, 0) is 37.8 Å². The highest BCUT2D eigenvalue weighted by Gasteiger charge is 2.55. The van der Waals surface area contributed by atoms with Gasteiger partial charge in [0.05, 0.1) is 18.6 Å². The first-order chi connectivity index (χ1) is 15.2. The second-order valence-corrected chi connectivity index (χ2v) is 9.35. The molecule has 4 aliphatic rings. The average Bonchev–Trinajstić information content (AvgIpc) is 3.45. The number of hydrogen-bond donors (Lipinski definition) is 0. The number of likely N-dealkylation sites (tertiary alicyclic amines) is 2. The summed E-state index contributed by atoms with van der Waals surface area (Å²) in [6.45, 7) is 7.08. The second kappa shape index (κ2) is 8.65. The molecule has 8 heteroatoms. The third kappa shape index (κ3) is 3.86. The maximum Gasteiger partial charge on any atom is 0.320 e. The molecule has 0 saturated carbocycles. The molecule has 0 spiro atoms. The van der Waals surface area contributed by atoms with Crippen LogP contribution in [0, 0.1) is 11.3 Å². The van der Waals surface area contributed by atoms with Crippen molar-refractivity contribution >= 4 is 17.8 Å². The molecule has 0 aliphatic carbocycles. The number of carbonyl (C=O) groups excluding carboxylic acids is 2. The third-order valence-corrected chi connectivity index (χ3v) is 7.53. The maximum atomic E-state index is 13.9. The molecule has 5 rings (SSSR count). The summed E-state index contributed by atoms with van der Waals surface area (Å²) in [4.78, 5) is 39.9. The van der Waals surface area contributed by atoms with Crippen LogP contribution in [0.4, 0.5) is 10.6 Å². The van der Waals surface area contributed by atoms with Crippen molar-refractivity contribution in [2.75, 3.05) is 70.5 Å². The number of morpholine rings is 1. The van der Waals surface area contributed by atoms with Gasteiger partial charge in [0.25, 0.3) is 0 Å². The van der Waals surface area contributed by atoms with Crippen LogP contribution >= 0.6 is 0 Å². The predicted molar refractivity (Wildman–Crippen MR) is 117 cm³/mol. The molecule has 5 heterocycles. The van der Waals surface area contributed by atoms with Gasteiger partial charge in [0, 0.05) is 64.5 Å². The molecule has 4 fully saturated rings. The molecular formula is C23H33N5O3. The highest BCUT2D eigenvalue weighted by Crippen LogP contribution is 2.45. The minimum atomic E-state index is -0.463. The molecule has 31 heavy (non-hydrogen) atoms. The number of nitrogens with zero attached hydrogens (tertiary/aromatic N) is 5. The number of rotatable bonds is 2. The fourth-order valence-electron chi connectivity index (χ4n) is 5.86. The lowest BCUT2D eigenvalue weighted by Crippen LogP contribution is -2.53. The fraction of sp³-hybridized carbons (Fsp3) is 0.696. The molecule has 4 aliphatic heterocycles. The van der Waals surface area contributed by atoms with E-state index in [1.165, 1.54) is 0 Å². The number of aromatic nitrogens is 1. The van der Waals surface area contributed by atoms with Crippen molar-refractivity contribution in [3.63, 3.8) is 0 Å². The number of amides is 3. The molecule has 168 valence electrons. The molecule has 0 unspecified atom stereocenters. The van der Waals surface area contributed by atoms with Gasteiger partial charge in [-0.25, -0.2) is 9.78 Å². The van der Waals surface area contributed by atoms with Crippen LogP contribution in [0.15, 0.2) is 24.4 Å². The quantitative estimate of drug-likeness (QED) is 0.718. The molecular weight excluding hydrogens is 394 g/mol. The van der Waals surface area contributed by atoms with E-state index in [0.29, 0.717) is 39.4 Å². The topological polar surface area (TPSA) is 69.2 Å². The number of carbonyl (C=O) groups is 2. The van der Waals surface area contributed by atoms with Crippen LogP contribution in [0.25, 0.3) is 0 Å². The van der Waals surface area contributed by atoms with Crippen molar-refractivity contribution in [1.29, 1.82) is 0 Å². The summed E-state index contributed by atoms with van der Waals surface area (Å²) in [5.41, 5.74) is -0.463. The van der Waals surface area contributed by atoms with Crippen LogP contribution in [0.5, 0.6) is 0 Å². The van der Waals surface area contributed by atoms with Crippen LogP contribution in [-0.2, 0) is 9.53 Å². The Labute approximate surface area is 184 Å². The molecule has 2 atom stereocenters. The van der Waals surface area contributed by atoms with Gasteiger partial charge < -0.3 is 24.3 Å². The van der Waals surface area contributed by atoms with Crippen molar-refractivity contribution < 1.29 is 14.3 Å². The Morgan fingerprint density at radius 3 is 2.45 bits per heavy atom. The second-order valence-electron chi connectivity index (χ2n) is 9.35. The van der Waals surface area contributed by atoms with Gasteiger partial charge in [-0.1, -0.05) is 6.07 Å². The summed E-state index contributed by atoms with van der Waals surface area (Å²) < 4.78 is 5.49. The van der Waals surface area contributed by atoms with Crippen LogP contribution in [0.1, 0.15) is 25.7 Å². The maximum absolute atomic E-state index is 13.9. The number of urea groups is 1. The molecule has 1 aromatic heterocycles. The predicted octanol–water partition coefficient (Wildman–Crippen LogP) is 1.67. The lowest BCUT2D eigenvalue weighted by atomic mass is 9.73. The largest absolute Gasteiger partial charge is 0.378 e. The van der Waals surface area contributed by atoms with E-state index in [9.17, 15) is 9.59 Å².